The fraction of sp³-hybridized carbons (Fsp3) is 0.200. The summed E-state index contributed by atoms with van der Waals surface area (Å²) >= 11 is 1.79. The van der Waals surface area contributed by atoms with E-state index in [9.17, 15) is 0 Å². The van der Waals surface area contributed by atoms with Crippen LogP contribution < -0.4 is 5.32 Å². The summed E-state index contributed by atoms with van der Waals surface area (Å²) < 4.78 is 1.90. The maximum absolute atomic E-state index is 3.84. The topological polar surface area (TPSA) is 42.7 Å². The van der Waals surface area contributed by atoms with Crippen molar-refractivity contribution in [3.05, 3.63) is 59.3 Å². The number of nitrogens with zero attached hydrogens (tertiary/aromatic N) is 3. The molecule has 102 valence electrons. The van der Waals surface area contributed by atoms with Crippen molar-refractivity contribution in [1.82, 2.24) is 14.8 Å². The number of anilines is 1. The Balaban J connectivity index is 1.82. The van der Waals surface area contributed by atoms with Gasteiger partial charge in [-0.05, 0) is 36.1 Å². The molecule has 1 unspecified atom stereocenters. The lowest BCUT2D eigenvalue weighted by molar-refractivity contribution is 0.764. The minimum absolute atomic E-state index is 0.353. The molecule has 1 aromatic carbocycles. The quantitative estimate of drug-likeness (QED) is 0.773. The van der Waals surface area contributed by atoms with Crippen molar-refractivity contribution in [2.45, 2.75) is 19.4 Å². The smallest absolute Gasteiger partial charge is 0.123 e. The van der Waals surface area contributed by atoms with Gasteiger partial charge in [0.25, 0.3) is 0 Å². The Hall–Kier alpha value is -2.14. The fourth-order valence-electron chi connectivity index (χ4n) is 2.16. The number of hydrogen-bond acceptors (Lipinski definition) is 4. The van der Waals surface area contributed by atoms with Gasteiger partial charge in [0.2, 0.25) is 0 Å². The molecule has 4 nitrogen and oxygen atoms in total. The highest BCUT2D eigenvalue weighted by Gasteiger charge is 2.10. The van der Waals surface area contributed by atoms with Gasteiger partial charge < -0.3 is 5.32 Å². The van der Waals surface area contributed by atoms with Crippen molar-refractivity contribution in [3.63, 3.8) is 0 Å². The Labute approximate surface area is 122 Å². The van der Waals surface area contributed by atoms with Crippen LogP contribution >= 0.6 is 11.3 Å². The minimum Gasteiger partial charge on any atom is -0.377 e. The molecule has 0 spiro atoms. The summed E-state index contributed by atoms with van der Waals surface area (Å²) in [6, 6.07) is 12.9. The third-order valence-electron chi connectivity index (χ3n) is 3.20. The van der Waals surface area contributed by atoms with Gasteiger partial charge in [0.05, 0.1) is 11.7 Å². The zero-order chi connectivity index (χ0) is 13.8. The van der Waals surface area contributed by atoms with Gasteiger partial charge in [-0.25, -0.2) is 0 Å². The highest BCUT2D eigenvalue weighted by Crippen LogP contribution is 2.26. The lowest BCUT2D eigenvalue weighted by atomic mass is 10.1. The van der Waals surface area contributed by atoms with Gasteiger partial charge in [-0.1, -0.05) is 19.1 Å². The summed E-state index contributed by atoms with van der Waals surface area (Å²) in [5.74, 6) is 0. The molecule has 1 N–H and O–H groups in total. The first kappa shape index (κ1) is 12.9. The minimum atomic E-state index is 0.353. The van der Waals surface area contributed by atoms with Crippen LogP contribution in [0.1, 0.15) is 24.3 Å². The van der Waals surface area contributed by atoms with Crippen molar-refractivity contribution >= 4 is 17.0 Å². The molecule has 0 amide bonds. The van der Waals surface area contributed by atoms with E-state index in [4.69, 9.17) is 0 Å². The van der Waals surface area contributed by atoms with Crippen LogP contribution in [0.4, 0.5) is 5.69 Å². The van der Waals surface area contributed by atoms with Gasteiger partial charge in [0.1, 0.15) is 12.7 Å². The van der Waals surface area contributed by atoms with Crippen molar-refractivity contribution in [3.8, 4) is 5.69 Å². The maximum Gasteiger partial charge on any atom is 0.123 e. The molecule has 20 heavy (non-hydrogen) atoms. The van der Waals surface area contributed by atoms with E-state index in [-0.39, 0.29) is 0 Å². The molecule has 0 saturated heterocycles. The van der Waals surface area contributed by atoms with E-state index in [1.54, 1.807) is 24.0 Å². The second-order valence-corrected chi connectivity index (χ2v) is 5.52. The van der Waals surface area contributed by atoms with Crippen molar-refractivity contribution in [2.24, 2.45) is 0 Å². The predicted molar refractivity (Wildman–Crippen MR) is 82.3 cm³/mol. The van der Waals surface area contributed by atoms with Gasteiger partial charge in [-0.2, -0.15) is 0 Å². The van der Waals surface area contributed by atoms with Crippen LogP contribution in [0.5, 0.6) is 0 Å². The zero-order valence-electron chi connectivity index (χ0n) is 11.2. The normalized spacial score (nSPS) is 12.2. The van der Waals surface area contributed by atoms with Crippen molar-refractivity contribution in [2.75, 3.05) is 5.32 Å². The number of benzene rings is 1. The second kappa shape index (κ2) is 5.88. The molecule has 5 heteroatoms. The fourth-order valence-corrected chi connectivity index (χ4v) is 3.02. The molecule has 0 aliphatic rings. The van der Waals surface area contributed by atoms with E-state index >= 15 is 0 Å². The molecule has 0 aliphatic carbocycles. The van der Waals surface area contributed by atoms with Crippen LogP contribution in [0, 0.1) is 0 Å². The van der Waals surface area contributed by atoms with Crippen molar-refractivity contribution in [1.29, 1.82) is 0 Å². The summed E-state index contributed by atoms with van der Waals surface area (Å²) in [6.45, 7) is 2.20. The molecule has 1 atom stereocenters. The van der Waals surface area contributed by atoms with Crippen LogP contribution in [-0.4, -0.2) is 14.8 Å². The average Bonchev–Trinajstić information content (AvgIpc) is 3.17. The Kier molecular flexibility index (Phi) is 3.78. The number of nitrogens with one attached hydrogen (secondary N) is 1. The number of thiophene rings is 1. The van der Waals surface area contributed by atoms with E-state index < -0.39 is 0 Å². The average molecular weight is 284 g/mol. The first-order valence-electron chi connectivity index (χ1n) is 6.62. The molecule has 3 aromatic rings. The molecule has 2 aromatic heterocycles. The van der Waals surface area contributed by atoms with E-state index in [0.29, 0.717) is 6.04 Å². The molecule has 3 rings (SSSR count). The summed E-state index contributed by atoms with van der Waals surface area (Å²) in [7, 11) is 0. The zero-order valence-corrected chi connectivity index (χ0v) is 12.0. The van der Waals surface area contributed by atoms with E-state index in [0.717, 1.165) is 17.8 Å². The van der Waals surface area contributed by atoms with Gasteiger partial charge >= 0.3 is 0 Å². The number of hydrogen-bond donors (Lipinski definition) is 1. The van der Waals surface area contributed by atoms with Gasteiger partial charge in [-0.15, -0.1) is 21.5 Å². The molecule has 0 radical (unpaired) electrons. The summed E-state index contributed by atoms with van der Waals surface area (Å²) in [4.78, 5) is 1.36. The highest BCUT2D eigenvalue weighted by molar-refractivity contribution is 7.10. The number of rotatable bonds is 5. The first-order valence-corrected chi connectivity index (χ1v) is 7.50. The molecule has 2 heterocycles. The Morgan fingerprint density at radius 1 is 1.20 bits per heavy atom. The monoisotopic (exact) mass is 284 g/mol. The first-order chi connectivity index (χ1) is 9.86. The second-order valence-electron chi connectivity index (χ2n) is 4.54. The van der Waals surface area contributed by atoms with Crippen LogP contribution in [0.3, 0.4) is 0 Å². The summed E-state index contributed by atoms with van der Waals surface area (Å²) in [5, 5.41) is 13.4. The van der Waals surface area contributed by atoms with Crippen LogP contribution in [-0.2, 0) is 0 Å². The summed E-state index contributed by atoms with van der Waals surface area (Å²) in [6.07, 6.45) is 4.46. The molecule has 0 bridgehead atoms. The Morgan fingerprint density at radius 3 is 2.75 bits per heavy atom. The third-order valence-corrected chi connectivity index (χ3v) is 4.18. The molecular formula is C15H16N4S. The predicted octanol–water partition coefficient (Wildman–Crippen LogP) is 3.89. The Morgan fingerprint density at radius 2 is 2.05 bits per heavy atom. The largest absolute Gasteiger partial charge is 0.377 e. The molecule has 0 saturated carbocycles. The van der Waals surface area contributed by atoms with Gasteiger partial charge in [0, 0.05) is 10.6 Å². The van der Waals surface area contributed by atoms with Gasteiger partial charge in [-0.3, -0.25) is 4.57 Å². The lowest BCUT2D eigenvalue weighted by Gasteiger charge is -2.17. The maximum atomic E-state index is 3.84. The lowest BCUT2D eigenvalue weighted by Crippen LogP contribution is -2.08. The van der Waals surface area contributed by atoms with Gasteiger partial charge in [0.15, 0.2) is 0 Å². The third kappa shape index (κ3) is 2.72. The van der Waals surface area contributed by atoms with Crippen LogP contribution in [0.2, 0.25) is 0 Å². The molecular weight excluding hydrogens is 268 g/mol. The van der Waals surface area contributed by atoms with E-state index in [2.05, 4.69) is 52.1 Å². The van der Waals surface area contributed by atoms with Crippen LogP contribution in [0.25, 0.3) is 5.69 Å². The van der Waals surface area contributed by atoms with Crippen LogP contribution in [0.15, 0.2) is 54.4 Å². The SMILES string of the molecule is CCC(Nc1cccc(-n2cnnc2)c1)c1cccs1. The Bertz CT molecular complexity index is 646. The van der Waals surface area contributed by atoms with E-state index in [1.807, 2.05) is 16.7 Å². The number of aromatic nitrogens is 3. The highest BCUT2D eigenvalue weighted by atomic mass is 32.1. The molecule has 0 aliphatic heterocycles. The standard InChI is InChI=1S/C15H16N4S/c1-2-14(15-7-4-8-20-15)18-12-5-3-6-13(9-12)19-10-16-17-11-19/h3-11,14,18H,2H2,1H3. The van der Waals surface area contributed by atoms with E-state index in [1.165, 1.54) is 4.88 Å². The van der Waals surface area contributed by atoms with Crippen molar-refractivity contribution < 1.29 is 0 Å². The summed E-state index contributed by atoms with van der Waals surface area (Å²) in [5.41, 5.74) is 2.16. The molecule has 0 fully saturated rings.